The third-order valence-corrected chi connectivity index (χ3v) is 2.31. The van der Waals surface area contributed by atoms with Crippen LogP contribution in [0.2, 0.25) is 0 Å². The first-order valence-electron chi connectivity index (χ1n) is 3.94. The molecule has 0 saturated heterocycles. The highest BCUT2D eigenvalue weighted by Gasteiger charge is 2.06. The van der Waals surface area contributed by atoms with Crippen molar-refractivity contribution < 1.29 is 4.39 Å². The second-order valence-electron chi connectivity index (χ2n) is 2.94. The van der Waals surface area contributed by atoms with Gasteiger partial charge >= 0.3 is 0 Å². The fraction of sp³-hybridized carbons (Fsp3) is 0.300. The van der Waals surface area contributed by atoms with Crippen LogP contribution in [0.1, 0.15) is 24.0 Å². The van der Waals surface area contributed by atoms with E-state index < -0.39 is 6.67 Å². The molecule has 0 aliphatic rings. The van der Waals surface area contributed by atoms with Gasteiger partial charge in [0.15, 0.2) is 0 Å². The molecule has 1 nitrogen and oxygen atoms in total. The van der Waals surface area contributed by atoms with Crippen molar-refractivity contribution in [2.75, 3.05) is 6.67 Å². The minimum Gasteiger partial charge on any atom is -0.250 e. The Hall–Kier alpha value is -0.880. The highest BCUT2D eigenvalue weighted by atomic mass is 79.9. The molecule has 0 aromatic heterocycles. The monoisotopic (exact) mass is 241 g/mol. The minimum atomic E-state index is -0.401. The number of halogens is 2. The molecule has 0 aliphatic carbocycles. The zero-order chi connectivity index (χ0) is 9.84. The molecule has 1 rings (SSSR count). The lowest BCUT2D eigenvalue weighted by Crippen LogP contribution is -1.95. The molecule has 0 heterocycles. The summed E-state index contributed by atoms with van der Waals surface area (Å²) in [6, 6.07) is 7.31. The summed E-state index contributed by atoms with van der Waals surface area (Å²) in [5.41, 5.74) is 1.41. The summed E-state index contributed by atoms with van der Waals surface area (Å²) in [5, 5.41) is 8.68. The molecule has 0 aliphatic heterocycles. The van der Waals surface area contributed by atoms with Crippen LogP contribution >= 0.6 is 15.9 Å². The van der Waals surface area contributed by atoms with Gasteiger partial charge in [-0.15, -0.1) is 0 Å². The lowest BCUT2D eigenvalue weighted by atomic mass is 10.0. The fourth-order valence-electron chi connectivity index (χ4n) is 1.05. The number of nitrogens with zero attached hydrogens (tertiary/aromatic N) is 1. The van der Waals surface area contributed by atoms with E-state index in [4.69, 9.17) is 5.26 Å². The molecule has 0 bridgehead atoms. The summed E-state index contributed by atoms with van der Waals surface area (Å²) in [6.07, 6.45) is 0. The second-order valence-corrected chi connectivity index (χ2v) is 3.86. The van der Waals surface area contributed by atoms with Crippen molar-refractivity contribution in [2.24, 2.45) is 0 Å². The predicted molar refractivity (Wildman–Crippen MR) is 53.2 cm³/mol. The van der Waals surface area contributed by atoms with E-state index in [1.165, 1.54) is 0 Å². The lowest BCUT2D eigenvalue weighted by molar-refractivity contribution is 0.447. The molecule has 13 heavy (non-hydrogen) atoms. The standard InChI is InChI=1S/C10H9BrFN/c1-7(5-12)9-2-8(6-13)3-10(11)4-9/h2-4,7H,5H2,1H3. The van der Waals surface area contributed by atoms with Gasteiger partial charge in [0.05, 0.1) is 18.3 Å². The largest absolute Gasteiger partial charge is 0.250 e. The van der Waals surface area contributed by atoms with Gasteiger partial charge in [-0.05, 0) is 23.8 Å². The third kappa shape index (κ3) is 2.53. The molecular weight excluding hydrogens is 233 g/mol. The van der Waals surface area contributed by atoms with Crippen LogP contribution < -0.4 is 0 Å². The summed E-state index contributed by atoms with van der Waals surface area (Å²) in [6.45, 7) is 1.39. The molecule has 1 atom stereocenters. The highest BCUT2D eigenvalue weighted by molar-refractivity contribution is 9.10. The van der Waals surface area contributed by atoms with Crippen molar-refractivity contribution in [2.45, 2.75) is 12.8 Å². The first-order chi connectivity index (χ1) is 6.17. The Morgan fingerprint density at radius 3 is 2.77 bits per heavy atom. The van der Waals surface area contributed by atoms with Crippen LogP contribution in [0, 0.1) is 11.3 Å². The zero-order valence-electron chi connectivity index (χ0n) is 7.22. The van der Waals surface area contributed by atoms with Gasteiger partial charge in [-0.25, -0.2) is 0 Å². The molecule has 0 saturated carbocycles. The summed E-state index contributed by atoms with van der Waals surface area (Å²) < 4.78 is 13.2. The van der Waals surface area contributed by atoms with Crippen LogP contribution in [0.5, 0.6) is 0 Å². The molecule has 0 spiro atoms. The van der Waals surface area contributed by atoms with E-state index in [9.17, 15) is 4.39 Å². The smallest absolute Gasteiger partial charge is 0.0992 e. The van der Waals surface area contributed by atoms with Crippen LogP contribution in [0.4, 0.5) is 4.39 Å². The first kappa shape index (κ1) is 10.2. The maximum absolute atomic E-state index is 12.3. The van der Waals surface area contributed by atoms with Gasteiger partial charge in [0.2, 0.25) is 0 Å². The van der Waals surface area contributed by atoms with E-state index in [0.717, 1.165) is 10.0 Å². The van der Waals surface area contributed by atoms with E-state index in [1.807, 2.05) is 12.1 Å². The summed E-state index contributed by atoms with van der Waals surface area (Å²) >= 11 is 3.28. The van der Waals surface area contributed by atoms with Crippen LogP contribution in [0.25, 0.3) is 0 Å². The van der Waals surface area contributed by atoms with E-state index in [0.29, 0.717) is 5.56 Å². The minimum absolute atomic E-state index is 0.149. The number of rotatable bonds is 2. The van der Waals surface area contributed by atoms with E-state index in [-0.39, 0.29) is 5.92 Å². The van der Waals surface area contributed by atoms with Gasteiger partial charge in [0, 0.05) is 10.4 Å². The van der Waals surface area contributed by atoms with Gasteiger partial charge in [0.1, 0.15) is 0 Å². The Morgan fingerprint density at radius 1 is 1.54 bits per heavy atom. The molecule has 3 heteroatoms. The maximum Gasteiger partial charge on any atom is 0.0992 e. The molecule has 0 amide bonds. The normalized spacial score (nSPS) is 12.2. The predicted octanol–water partition coefficient (Wildman–Crippen LogP) is 3.39. The average molecular weight is 242 g/mol. The van der Waals surface area contributed by atoms with Crippen LogP contribution in [0.15, 0.2) is 22.7 Å². The number of nitriles is 1. The van der Waals surface area contributed by atoms with Gasteiger partial charge in [-0.3, -0.25) is 4.39 Å². The highest BCUT2D eigenvalue weighted by Crippen LogP contribution is 2.22. The number of hydrogen-bond donors (Lipinski definition) is 0. The molecule has 0 fully saturated rings. The molecule has 1 aromatic rings. The first-order valence-corrected chi connectivity index (χ1v) is 4.73. The quantitative estimate of drug-likeness (QED) is 0.779. The zero-order valence-corrected chi connectivity index (χ0v) is 8.81. The van der Waals surface area contributed by atoms with Gasteiger partial charge in [-0.1, -0.05) is 22.9 Å². The lowest BCUT2D eigenvalue weighted by Gasteiger charge is -2.07. The van der Waals surface area contributed by atoms with Crippen molar-refractivity contribution in [3.05, 3.63) is 33.8 Å². The summed E-state index contributed by atoms with van der Waals surface area (Å²) in [4.78, 5) is 0. The van der Waals surface area contributed by atoms with Gasteiger partial charge < -0.3 is 0 Å². The fourth-order valence-corrected chi connectivity index (χ4v) is 1.56. The molecule has 1 aromatic carbocycles. The Balaban J connectivity index is 3.10. The van der Waals surface area contributed by atoms with Crippen molar-refractivity contribution >= 4 is 15.9 Å². The Labute approximate surface area is 85.3 Å². The summed E-state index contributed by atoms with van der Waals surface area (Å²) in [5.74, 6) is -0.149. The maximum atomic E-state index is 12.3. The molecule has 1 unspecified atom stereocenters. The van der Waals surface area contributed by atoms with Crippen molar-refractivity contribution in [1.82, 2.24) is 0 Å². The Morgan fingerprint density at radius 2 is 2.23 bits per heavy atom. The van der Waals surface area contributed by atoms with Crippen molar-refractivity contribution in [3.8, 4) is 6.07 Å². The number of benzene rings is 1. The topological polar surface area (TPSA) is 23.8 Å². The number of alkyl halides is 1. The molecule has 0 N–H and O–H groups in total. The van der Waals surface area contributed by atoms with E-state index in [2.05, 4.69) is 15.9 Å². The SMILES string of the molecule is CC(CF)c1cc(Br)cc(C#N)c1. The van der Waals surface area contributed by atoms with E-state index in [1.54, 1.807) is 19.1 Å². The molecule has 68 valence electrons. The third-order valence-electron chi connectivity index (χ3n) is 1.85. The van der Waals surface area contributed by atoms with Crippen LogP contribution in [-0.2, 0) is 0 Å². The van der Waals surface area contributed by atoms with Gasteiger partial charge in [0.25, 0.3) is 0 Å². The van der Waals surface area contributed by atoms with Crippen molar-refractivity contribution in [1.29, 1.82) is 5.26 Å². The molecular formula is C10H9BrFN. The average Bonchev–Trinajstić information content (AvgIpc) is 2.15. The Bertz CT molecular complexity index is 343. The summed E-state index contributed by atoms with van der Waals surface area (Å²) in [7, 11) is 0. The van der Waals surface area contributed by atoms with Crippen LogP contribution in [-0.4, -0.2) is 6.67 Å². The van der Waals surface area contributed by atoms with E-state index >= 15 is 0 Å². The molecule has 0 radical (unpaired) electrons. The van der Waals surface area contributed by atoms with Gasteiger partial charge in [-0.2, -0.15) is 5.26 Å². The Kier molecular flexibility index (Phi) is 3.44. The van der Waals surface area contributed by atoms with Crippen molar-refractivity contribution in [3.63, 3.8) is 0 Å². The second kappa shape index (κ2) is 4.38. The number of hydrogen-bond acceptors (Lipinski definition) is 1. The van der Waals surface area contributed by atoms with Crippen LogP contribution in [0.3, 0.4) is 0 Å².